The van der Waals surface area contributed by atoms with Gasteiger partial charge in [-0.05, 0) is 58.5 Å². The summed E-state index contributed by atoms with van der Waals surface area (Å²) < 4.78 is 9.20. The summed E-state index contributed by atoms with van der Waals surface area (Å²) in [6.45, 7) is 0. The molecule has 0 N–H and O–H groups in total. The first-order valence-electron chi connectivity index (χ1n) is 16.6. The smallest absolute Gasteiger partial charge is 0.138 e. The molecule has 10 aromatic rings. The molecule has 0 bridgehead atoms. The summed E-state index contributed by atoms with van der Waals surface area (Å²) in [6.07, 6.45) is 0. The van der Waals surface area contributed by atoms with Crippen LogP contribution in [0.4, 0.5) is 17.1 Å². The van der Waals surface area contributed by atoms with Gasteiger partial charge >= 0.3 is 0 Å². The Kier molecular flexibility index (Phi) is 6.39. The number of hydrogen-bond donors (Lipinski definition) is 0. The fourth-order valence-electron chi connectivity index (χ4n) is 7.44. The molecule has 0 radical (unpaired) electrons. The third-order valence-electron chi connectivity index (χ3n) is 9.66. The molecule has 0 fully saturated rings. The van der Waals surface area contributed by atoms with Crippen LogP contribution in [0.3, 0.4) is 0 Å². The van der Waals surface area contributed by atoms with Gasteiger partial charge in [0.2, 0.25) is 0 Å². The number of rotatable bonds is 5. The highest BCUT2D eigenvalue weighted by atomic mass is 32.1. The van der Waals surface area contributed by atoms with Gasteiger partial charge in [-0.2, -0.15) is 0 Å². The largest absolute Gasteiger partial charge is 0.456 e. The third kappa shape index (κ3) is 4.47. The monoisotopic (exact) mass is 643 g/mol. The second-order valence-corrected chi connectivity index (χ2v) is 13.5. The lowest BCUT2D eigenvalue weighted by molar-refractivity contribution is 0.669. The molecule has 49 heavy (non-hydrogen) atoms. The van der Waals surface area contributed by atoms with Crippen LogP contribution >= 0.6 is 11.3 Å². The summed E-state index contributed by atoms with van der Waals surface area (Å²) in [5.74, 6) is 0. The lowest BCUT2D eigenvalue weighted by Gasteiger charge is -2.30. The number of fused-ring (bicyclic) bond motifs is 7. The van der Waals surface area contributed by atoms with E-state index in [0.29, 0.717) is 0 Å². The maximum atomic E-state index is 6.56. The molecule has 0 aliphatic carbocycles. The molecule has 8 aromatic carbocycles. The number of thiophene rings is 1. The molecule has 0 aliphatic rings. The molecule has 10 rings (SSSR count). The zero-order chi connectivity index (χ0) is 32.3. The zero-order valence-corrected chi connectivity index (χ0v) is 27.3. The number of hydrogen-bond acceptors (Lipinski definition) is 3. The fraction of sp³-hybridized carbons (Fsp3) is 0. The first-order chi connectivity index (χ1) is 24.3. The van der Waals surface area contributed by atoms with E-state index in [0.717, 1.165) is 50.0 Å². The van der Waals surface area contributed by atoms with E-state index in [9.17, 15) is 0 Å². The van der Waals surface area contributed by atoms with Crippen LogP contribution in [0.5, 0.6) is 0 Å². The van der Waals surface area contributed by atoms with Crippen molar-refractivity contribution in [1.82, 2.24) is 0 Å². The number of benzene rings is 8. The maximum Gasteiger partial charge on any atom is 0.138 e. The summed E-state index contributed by atoms with van der Waals surface area (Å²) in [5.41, 5.74) is 9.86. The van der Waals surface area contributed by atoms with Gasteiger partial charge in [0.05, 0.1) is 16.8 Å². The van der Waals surface area contributed by atoms with Gasteiger partial charge in [-0.1, -0.05) is 140 Å². The Balaban J connectivity index is 1.25. The van der Waals surface area contributed by atoms with Crippen LogP contribution in [0.1, 0.15) is 0 Å². The Bertz CT molecular complexity index is 2830. The minimum absolute atomic E-state index is 0.880. The van der Waals surface area contributed by atoms with Crippen LogP contribution < -0.4 is 4.90 Å². The molecule has 2 nitrogen and oxygen atoms in total. The van der Waals surface area contributed by atoms with E-state index >= 15 is 0 Å². The van der Waals surface area contributed by atoms with Crippen molar-refractivity contribution in [2.45, 2.75) is 0 Å². The second kappa shape index (κ2) is 11.2. The minimum Gasteiger partial charge on any atom is -0.456 e. The van der Waals surface area contributed by atoms with Gasteiger partial charge < -0.3 is 9.32 Å². The van der Waals surface area contributed by atoms with E-state index in [4.69, 9.17) is 4.42 Å². The summed E-state index contributed by atoms with van der Waals surface area (Å²) in [5, 5.41) is 7.15. The predicted octanol–water partition coefficient (Wildman–Crippen LogP) is 13.9. The molecule has 0 unspecified atom stereocenters. The number of para-hydroxylation sites is 2. The SMILES string of the molecule is c1ccc(-c2ccccc2N(c2ccc(-c3cccc4c3sc3ccccc34)cc2)c2c3ccccc3cc3oc4ccccc4c23)cc1. The fourth-order valence-corrected chi connectivity index (χ4v) is 8.68. The van der Waals surface area contributed by atoms with Crippen molar-refractivity contribution >= 4 is 81.3 Å². The van der Waals surface area contributed by atoms with E-state index in [-0.39, 0.29) is 0 Å². The molecule has 2 aromatic heterocycles. The van der Waals surface area contributed by atoms with Crippen LogP contribution in [0.2, 0.25) is 0 Å². The quantitative estimate of drug-likeness (QED) is 0.186. The average molecular weight is 644 g/mol. The van der Waals surface area contributed by atoms with Crippen molar-refractivity contribution in [3.63, 3.8) is 0 Å². The molecule has 3 heteroatoms. The van der Waals surface area contributed by atoms with Crippen molar-refractivity contribution in [1.29, 1.82) is 0 Å². The summed E-state index contributed by atoms with van der Waals surface area (Å²) in [7, 11) is 0. The van der Waals surface area contributed by atoms with Crippen molar-refractivity contribution in [2.75, 3.05) is 4.90 Å². The molecule has 0 spiro atoms. The number of furan rings is 1. The Labute approximate surface area is 287 Å². The summed E-state index contributed by atoms with van der Waals surface area (Å²) >= 11 is 1.87. The standard InChI is InChI=1S/C46H29NOS/c1-2-13-30(14-3-1)34-16-6-9-22-40(34)47(45-35-17-5-4-15-32(35)29-42-44(45)39-19-7-10-23-41(39)48-42)33-27-25-31(26-28-33)36-20-12-21-38-37-18-8-11-24-43(37)49-46(36)38/h1-29H. The number of nitrogens with zero attached hydrogens (tertiary/aromatic N) is 1. The molecule has 2 heterocycles. The van der Waals surface area contributed by atoms with E-state index in [2.05, 4.69) is 175 Å². The van der Waals surface area contributed by atoms with Gasteiger partial charge in [0.25, 0.3) is 0 Å². The normalized spacial score (nSPS) is 11.7. The van der Waals surface area contributed by atoms with Gasteiger partial charge in [0, 0.05) is 42.2 Å². The summed E-state index contributed by atoms with van der Waals surface area (Å²) in [4.78, 5) is 2.44. The molecule has 0 aliphatic heterocycles. The van der Waals surface area contributed by atoms with E-state index in [1.807, 2.05) is 17.4 Å². The molecule has 0 saturated carbocycles. The van der Waals surface area contributed by atoms with Crippen LogP contribution in [-0.2, 0) is 0 Å². The predicted molar refractivity (Wildman–Crippen MR) is 210 cm³/mol. The van der Waals surface area contributed by atoms with Crippen molar-refractivity contribution < 1.29 is 4.42 Å². The van der Waals surface area contributed by atoms with Crippen molar-refractivity contribution in [3.05, 3.63) is 176 Å². The van der Waals surface area contributed by atoms with E-state index in [1.165, 1.54) is 42.2 Å². The highest BCUT2D eigenvalue weighted by molar-refractivity contribution is 7.26. The molecule has 230 valence electrons. The lowest BCUT2D eigenvalue weighted by Crippen LogP contribution is -2.12. The van der Waals surface area contributed by atoms with E-state index < -0.39 is 0 Å². The van der Waals surface area contributed by atoms with Gasteiger partial charge in [-0.15, -0.1) is 11.3 Å². The Morgan fingerprint density at radius 2 is 1.10 bits per heavy atom. The molecule has 0 atom stereocenters. The molecular weight excluding hydrogens is 615 g/mol. The first-order valence-corrected chi connectivity index (χ1v) is 17.4. The van der Waals surface area contributed by atoms with Crippen LogP contribution in [-0.4, -0.2) is 0 Å². The lowest BCUT2D eigenvalue weighted by atomic mass is 9.97. The van der Waals surface area contributed by atoms with Gasteiger partial charge in [-0.25, -0.2) is 0 Å². The maximum absolute atomic E-state index is 6.56. The van der Waals surface area contributed by atoms with Gasteiger partial charge in [0.1, 0.15) is 11.2 Å². The highest BCUT2D eigenvalue weighted by Gasteiger charge is 2.24. The van der Waals surface area contributed by atoms with Gasteiger partial charge in [-0.3, -0.25) is 0 Å². The first kappa shape index (κ1) is 27.9. The van der Waals surface area contributed by atoms with Crippen LogP contribution in [0.15, 0.2) is 180 Å². The molecule has 0 amide bonds. The van der Waals surface area contributed by atoms with Crippen molar-refractivity contribution in [3.8, 4) is 22.3 Å². The Hall–Kier alpha value is -6.16. The zero-order valence-electron chi connectivity index (χ0n) is 26.5. The van der Waals surface area contributed by atoms with E-state index in [1.54, 1.807) is 0 Å². The minimum atomic E-state index is 0.880. The highest BCUT2D eigenvalue weighted by Crippen LogP contribution is 2.49. The van der Waals surface area contributed by atoms with Crippen LogP contribution in [0, 0.1) is 0 Å². The van der Waals surface area contributed by atoms with Crippen molar-refractivity contribution in [2.24, 2.45) is 0 Å². The summed E-state index contributed by atoms with van der Waals surface area (Å²) in [6, 6.07) is 63.1. The Morgan fingerprint density at radius 1 is 0.449 bits per heavy atom. The third-order valence-corrected chi connectivity index (χ3v) is 10.9. The molecule has 0 saturated heterocycles. The van der Waals surface area contributed by atoms with Gasteiger partial charge in [0.15, 0.2) is 0 Å². The number of anilines is 3. The topological polar surface area (TPSA) is 16.4 Å². The Morgan fingerprint density at radius 3 is 1.98 bits per heavy atom. The second-order valence-electron chi connectivity index (χ2n) is 12.5. The van der Waals surface area contributed by atoms with Crippen LogP contribution in [0.25, 0.3) is 75.1 Å². The average Bonchev–Trinajstić information content (AvgIpc) is 3.74. The molecular formula is C46H29NOS.